The van der Waals surface area contributed by atoms with Crippen LogP contribution in [-0.4, -0.2) is 145 Å². The van der Waals surface area contributed by atoms with E-state index in [9.17, 15) is 39.3 Å². The van der Waals surface area contributed by atoms with Gasteiger partial charge in [0.25, 0.3) is 11.7 Å². The predicted molar refractivity (Wildman–Crippen MR) is 256 cm³/mol. The average Bonchev–Trinajstić information content (AvgIpc) is 3.32. The molecule has 4 aliphatic rings. The molecule has 0 aromatic heterocycles. The number of hydrogen-bond donors (Lipinski definition) is 3. The highest BCUT2D eigenvalue weighted by atomic mass is 16.6. The number of esters is 1. The van der Waals surface area contributed by atoms with Crippen molar-refractivity contribution >= 4 is 29.2 Å². The number of hydrogen-bond acceptors (Lipinski definition) is 14. The Labute approximate surface area is 405 Å². The largest absolute Gasteiger partial charge is 0.460 e. The molecule has 15 heteroatoms. The second-order valence-electron chi connectivity index (χ2n) is 20.2. The number of fused-ring (bicyclic) bond motifs is 3. The van der Waals surface area contributed by atoms with Gasteiger partial charge in [-0.1, -0.05) is 71.1 Å². The Bertz CT molecular complexity index is 1810. The molecule has 3 N–H and O–H groups in total. The maximum Gasteiger partial charge on any atom is 0.329 e. The fourth-order valence-corrected chi connectivity index (χ4v) is 10.5. The number of methoxy groups -OCH3 is 3. The first kappa shape index (κ1) is 57.2. The zero-order valence-electron chi connectivity index (χ0n) is 42.4. The summed E-state index contributed by atoms with van der Waals surface area (Å²) in [6.07, 6.45) is 12.0. The molecule has 3 aliphatic heterocycles. The summed E-state index contributed by atoms with van der Waals surface area (Å²) in [4.78, 5) is 72.1. The molecule has 15 atom stereocenters. The summed E-state index contributed by atoms with van der Waals surface area (Å²) in [7, 11) is 4.58. The normalized spacial score (nSPS) is 37.9. The number of Topliss-reactive ketones (excluding diaryl/α,β-unsaturated/α-hetero) is 3. The Kier molecular flexibility index (Phi) is 22.9. The summed E-state index contributed by atoms with van der Waals surface area (Å²) < 4.78 is 35.6. The van der Waals surface area contributed by atoms with E-state index in [1.165, 1.54) is 12.0 Å². The van der Waals surface area contributed by atoms with E-state index in [0.717, 1.165) is 12.0 Å². The van der Waals surface area contributed by atoms with Crippen molar-refractivity contribution in [2.24, 2.45) is 35.5 Å². The molecule has 1 saturated carbocycles. The van der Waals surface area contributed by atoms with E-state index in [4.69, 9.17) is 28.4 Å². The van der Waals surface area contributed by atoms with Gasteiger partial charge in [0.2, 0.25) is 5.79 Å². The van der Waals surface area contributed by atoms with E-state index in [-0.39, 0.29) is 74.1 Å². The Morgan fingerprint density at radius 2 is 1.59 bits per heavy atom. The third-order valence-electron chi connectivity index (χ3n) is 14.9. The summed E-state index contributed by atoms with van der Waals surface area (Å²) in [5.41, 5.74) is 1.26. The van der Waals surface area contributed by atoms with E-state index in [1.807, 2.05) is 58.1 Å². The first-order valence-electron chi connectivity index (χ1n) is 25.0. The Hall–Kier alpha value is -3.41. The van der Waals surface area contributed by atoms with E-state index in [1.54, 1.807) is 41.1 Å². The zero-order chi connectivity index (χ0) is 50.3. The van der Waals surface area contributed by atoms with Crippen LogP contribution < -0.4 is 0 Å². The number of ether oxygens (including phenoxy) is 6. The maximum absolute atomic E-state index is 14.5. The number of aliphatic hydroxyl groups is 3. The van der Waals surface area contributed by atoms with Crippen LogP contribution >= 0.6 is 0 Å². The van der Waals surface area contributed by atoms with Crippen LogP contribution in [0.4, 0.5) is 0 Å². The van der Waals surface area contributed by atoms with Crippen LogP contribution in [-0.2, 0) is 52.4 Å². The Morgan fingerprint density at radius 1 is 0.853 bits per heavy atom. The molecule has 4 rings (SSSR count). The van der Waals surface area contributed by atoms with Gasteiger partial charge in [0, 0.05) is 58.5 Å². The molecule has 0 aromatic carbocycles. The SMILES string of the molecule is CO[C@H]1C[C@@H]2CC[C@@H](C)[C@@](O)(O2)C(=O)C(=O)N2CCCC[C@@H]2C(=O)O[C@H]([C@H](C)C[C@@H]2CC[C@@H](OCCO)[C@H](OC)C2)CC(=O)[C@H](C)/C=C(\C)[C@@H](O)[C@@H](OC)C(=O)[C@H](C)C[C@H](C)/C=C/C=CC=C1C. The highest BCUT2D eigenvalue weighted by Crippen LogP contribution is 2.38. The number of piperidine rings is 1. The van der Waals surface area contributed by atoms with Crippen LogP contribution in [0, 0.1) is 35.5 Å². The number of carbonyl (C=O) groups excluding carboxylic acids is 5. The first-order valence-corrected chi connectivity index (χ1v) is 25.0. The van der Waals surface area contributed by atoms with Crippen LogP contribution in [0.5, 0.6) is 0 Å². The quantitative estimate of drug-likeness (QED) is 0.134. The number of amides is 1. The number of rotatable bonds is 9. The molecular weight excluding hydrogens is 875 g/mol. The van der Waals surface area contributed by atoms with Crippen molar-refractivity contribution in [2.75, 3.05) is 41.1 Å². The Morgan fingerprint density at radius 3 is 2.26 bits per heavy atom. The molecule has 0 radical (unpaired) electrons. The lowest BCUT2D eigenvalue weighted by Gasteiger charge is -2.42. The zero-order valence-corrected chi connectivity index (χ0v) is 42.4. The topological polar surface area (TPSA) is 205 Å². The molecule has 3 heterocycles. The lowest BCUT2D eigenvalue weighted by atomic mass is 9.78. The molecule has 384 valence electrons. The van der Waals surface area contributed by atoms with Crippen molar-refractivity contribution in [1.82, 2.24) is 4.90 Å². The second-order valence-corrected chi connectivity index (χ2v) is 20.2. The second kappa shape index (κ2) is 27.3. The minimum Gasteiger partial charge on any atom is -0.460 e. The predicted octanol–water partition coefficient (Wildman–Crippen LogP) is 6.20. The van der Waals surface area contributed by atoms with Gasteiger partial charge in [-0.25, -0.2) is 4.79 Å². The van der Waals surface area contributed by atoms with Gasteiger partial charge in [-0.05, 0) is 107 Å². The molecule has 0 spiro atoms. The van der Waals surface area contributed by atoms with Crippen LogP contribution in [0.25, 0.3) is 0 Å². The van der Waals surface area contributed by atoms with Crippen molar-refractivity contribution < 1.29 is 67.7 Å². The number of cyclic esters (lactones) is 1. The third-order valence-corrected chi connectivity index (χ3v) is 14.9. The molecule has 1 amide bonds. The third kappa shape index (κ3) is 15.3. The van der Waals surface area contributed by atoms with Crippen LogP contribution in [0.15, 0.2) is 47.6 Å². The number of aliphatic hydroxyl groups excluding tert-OH is 2. The van der Waals surface area contributed by atoms with Crippen molar-refractivity contribution in [3.63, 3.8) is 0 Å². The molecule has 2 saturated heterocycles. The lowest BCUT2D eigenvalue weighted by molar-refractivity contribution is -0.265. The van der Waals surface area contributed by atoms with Crippen LogP contribution in [0.2, 0.25) is 0 Å². The molecular formula is C53H83NO14. The standard InChI is InChI=1S/C53H83NO14/c1-32-16-12-11-13-17-33(2)44(63-8)30-40-21-19-38(7)53(62,68-40)50(59)51(60)54-23-15-14-18-41(54)52(61)67-45(35(4)28-39-20-22-43(66-25-24-55)46(29-39)64-9)31-42(56)34(3)27-37(6)48(58)49(65-10)47(57)36(5)26-32/h11-13,16-17,27,32,34-36,38-41,43-46,48-49,55,58,62H,14-15,18-26,28-31H2,1-10H3/b13-11?,16-12+,33-17?,37-27+/t32-,34-,35-,36-,38-,39+,40+,41-,43-,44+,45+,46-,48-,49+,53-/m1/s1. The fourth-order valence-electron chi connectivity index (χ4n) is 10.5. The number of allylic oxidation sites excluding steroid dienone is 6. The van der Waals surface area contributed by atoms with Gasteiger partial charge in [0.05, 0.1) is 37.6 Å². The van der Waals surface area contributed by atoms with Crippen molar-refractivity contribution in [3.05, 3.63) is 47.6 Å². The van der Waals surface area contributed by atoms with E-state index >= 15 is 0 Å². The van der Waals surface area contributed by atoms with Gasteiger partial charge in [-0.3, -0.25) is 19.2 Å². The van der Waals surface area contributed by atoms with Crippen LogP contribution in [0.3, 0.4) is 0 Å². The molecule has 15 nitrogen and oxygen atoms in total. The summed E-state index contributed by atoms with van der Waals surface area (Å²) in [5, 5.41) is 32.8. The highest BCUT2D eigenvalue weighted by molar-refractivity contribution is 6.39. The molecule has 3 fully saturated rings. The van der Waals surface area contributed by atoms with Crippen LogP contribution in [0.1, 0.15) is 126 Å². The van der Waals surface area contributed by atoms with Crippen molar-refractivity contribution in [2.45, 2.75) is 180 Å². The van der Waals surface area contributed by atoms with Gasteiger partial charge in [0.15, 0.2) is 5.78 Å². The molecule has 0 aromatic rings. The number of ketones is 3. The monoisotopic (exact) mass is 958 g/mol. The van der Waals surface area contributed by atoms with E-state index in [2.05, 4.69) is 0 Å². The van der Waals surface area contributed by atoms with Crippen molar-refractivity contribution in [1.29, 1.82) is 0 Å². The summed E-state index contributed by atoms with van der Waals surface area (Å²) >= 11 is 0. The smallest absolute Gasteiger partial charge is 0.329 e. The molecule has 0 unspecified atom stereocenters. The van der Waals surface area contributed by atoms with Gasteiger partial charge in [-0.15, -0.1) is 0 Å². The fraction of sp³-hybridized carbons (Fsp3) is 0.755. The summed E-state index contributed by atoms with van der Waals surface area (Å²) in [5.74, 6) is -7.96. The maximum atomic E-state index is 14.5. The minimum absolute atomic E-state index is 0.0158. The average molecular weight is 958 g/mol. The molecule has 1 aliphatic carbocycles. The molecule has 68 heavy (non-hydrogen) atoms. The first-order chi connectivity index (χ1) is 32.3. The highest BCUT2D eigenvalue weighted by Gasteiger charge is 2.53. The van der Waals surface area contributed by atoms with Gasteiger partial charge < -0.3 is 48.6 Å². The summed E-state index contributed by atoms with van der Waals surface area (Å²) in [6, 6.07) is -1.14. The minimum atomic E-state index is -2.43. The number of nitrogens with zero attached hydrogens (tertiary/aromatic N) is 1. The lowest BCUT2D eigenvalue weighted by Crippen LogP contribution is -2.61. The Balaban J connectivity index is 1.70. The van der Waals surface area contributed by atoms with Gasteiger partial charge in [-0.2, -0.15) is 0 Å². The van der Waals surface area contributed by atoms with E-state index in [0.29, 0.717) is 63.4 Å². The summed E-state index contributed by atoms with van der Waals surface area (Å²) in [6.45, 7) is 12.9. The molecule has 2 bridgehead atoms. The van der Waals surface area contributed by atoms with Gasteiger partial charge >= 0.3 is 5.97 Å². The number of carbonyl (C=O) groups is 5. The van der Waals surface area contributed by atoms with Gasteiger partial charge in [0.1, 0.15) is 30.1 Å². The van der Waals surface area contributed by atoms with Crippen molar-refractivity contribution in [3.8, 4) is 0 Å². The van der Waals surface area contributed by atoms with E-state index < -0.39 is 77.8 Å².